The molecule has 0 aromatic heterocycles. The van der Waals surface area contributed by atoms with Crippen LogP contribution < -0.4 is 0 Å². The maximum atomic E-state index is 14.2. The van der Waals surface area contributed by atoms with Gasteiger partial charge in [-0.1, -0.05) is 87.0 Å². The molecule has 0 bridgehead atoms. The van der Waals surface area contributed by atoms with Crippen molar-refractivity contribution in [2.75, 3.05) is 0 Å². The molecular formula is C39H70O6Si2. The number of esters is 2. The number of fused-ring (bicyclic) bond motifs is 1. The summed E-state index contributed by atoms with van der Waals surface area (Å²) in [7, 11) is -2.98. The SMILES string of the molecule is CCCC(CC)(CC)C(=O)O[C@H]1C[C@H](C(C)(C)C)C=C2C=CC[C@H]([C@](C)(C[C@H]3C[C@H](C(C)(C)C)C(O[SiH](C)C)C(=O)O3)O[SiH](C)C)[C@H]21. The van der Waals surface area contributed by atoms with Crippen LogP contribution >= 0.6 is 0 Å². The molecule has 270 valence electrons. The number of allylic oxidation sites excluding steroid dienone is 3. The first-order chi connectivity index (χ1) is 21.7. The van der Waals surface area contributed by atoms with E-state index < -0.39 is 35.2 Å². The molecule has 3 aliphatic rings. The van der Waals surface area contributed by atoms with E-state index in [2.05, 4.69) is 114 Å². The largest absolute Gasteiger partial charge is 0.461 e. The van der Waals surface area contributed by atoms with Gasteiger partial charge in [0.1, 0.15) is 18.3 Å². The molecular weight excluding hydrogens is 621 g/mol. The first-order valence-electron chi connectivity index (χ1n) is 18.8. The molecule has 0 aromatic rings. The summed E-state index contributed by atoms with van der Waals surface area (Å²) in [4.78, 5) is 27.8. The van der Waals surface area contributed by atoms with Crippen LogP contribution in [-0.4, -0.2) is 53.9 Å². The normalized spacial score (nSPS) is 30.1. The smallest absolute Gasteiger partial charge is 0.334 e. The van der Waals surface area contributed by atoms with E-state index in [9.17, 15) is 9.59 Å². The van der Waals surface area contributed by atoms with Crippen molar-refractivity contribution >= 4 is 30.0 Å². The first-order valence-corrected chi connectivity index (χ1v) is 24.4. The molecule has 1 fully saturated rings. The van der Waals surface area contributed by atoms with Gasteiger partial charge in [-0.15, -0.1) is 0 Å². The fraction of sp³-hybridized carbons (Fsp3) is 0.846. The van der Waals surface area contributed by atoms with Crippen LogP contribution in [0.2, 0.25) is 26.2 Å². The summed E-state index contributed by atoms with van der Waals surface area (Å²) in [6, 6.07) is 0. The molecule has 47 heavy (non-hydrogen) atoms. The minimum atomic E-state index is -1.53. The Balaban J connectivity index is 2.05. The summed E-state index contributed by atoms with van der Waals surface area (Å²) >= 11 is 0. The zero-order valence-corrected chi connectivity index (χ0v) is 34.8. The van der Waals surface area contributed by atoms with Crippen molar-refractivity contribution < 1.29 is 27.9 Å². The Labute approximate surface area is 291 Å². The van der Waals surface area contributed by atoms with Gasteiger partial charge in [-0.2, -0.15) is 0 Å². The van der Waals surface area contributed by atoms with Gasteiger partial charge in [0, 0.05) is 24.2 Å². The monoisotopic (exact) mass is 690 g/mol. The summed E-state index contributed by atoms with van der Waals surface area (Å²) in [6.45, 7) is 30.9. The lowest BCUT2D eigenvalue weighted by molar-refractivity contribution is -0.183. The van der Waals surface area contributed by atoms with Gasteiger partial charge < -0.3 is 18.3 Å². The van der Waals surface area contributed by atoms with Crippen molar-refractivity contribution in [3.63, 3.8) is 0 Å². The molecule has 0 spiro atoms. The summed E-state index contributed by atoms with van der Waals surface area (Å²) in [5.74, 6) is 0.204. The third kappa shape index (κ3) is 9.52. The number of ether oxygens (including phenoxy) is 2. The molecule has 0 aromatic carbocycles. The average molecular weight is 691 g/mol. The predicted octanol–water partition coefficient (Wildman–Crippen LogP) is 9.18. The van der Waals surface area contributed by atoms with Crippen LogP contribution in [0.3, 0.4) is 0 Å². The van der Waals surface area contributed by atoms with E-state index in [1.807, 2.05) is 0 Å². The van der Waals surface area contributed by atoms with E-state index in [0.717, 1.165) is 44.9 Å². The zero-order chi connectivity index (χ0) is 35.5. The van der Waals surface area contributed by atoms with Crippen LogP contribution in [0.4, 0.5) is 0 Å². The summed E-state index contributed by atoms with van der Waals surface area (Å²) in [6.07, 6.45) is 12.4. The van der Waals surface area contributed by atoms with Gasteiger partial charge in [-0.05, 0) is 94.0 Å². The van der Waals surface area contributed by atoms with E-state index in [1.54, 1.807) is 0 Å². The summed E-state index contributed by atoms with van der Waals surface area (Å²) in [5.41, 5.74) is 0.196. The number of hydrogen-bond donors (Lipinski definition) is 0. The Morgan fingerprint density at radius 3 is 2.06 bits per heavy atom. The molecule has 0 saturated carbocycles. The van der Waals surface area contributed by atoms with Gasteiger partial charge in [0.2, 0.25) is 0 Å². The number of hydrogen-bond acceptors (Lipinski definition) is 6. The Hall–Kier alpha value is -1.23. The molecule has 1 heterocycles. The standard InChI is InChI=1S/C39H70O6Si2/c1-15-21-39(16-2,17-3)35(41)43-31-23-27(36(4,5)6)22-26-19-18-20-29(32(26)31)38(10,45-47(13)14)25-28-24-30(37(7,8)9)33(34(40)42-28)44-46(11)12/h18-19,22,27-33,46-47H,15-17,20-21,23-25H2,1-14H3/t27-,28-,29+,30+,31+,32+,33?,38+/m1/s1. The highest BCUT2D eigenvalue weighted by Crippen LogP contribution is 2.52. The predicted molar refractivity (Wildman–Crippen MR) is 198 cm³/mol. The number of rotatable bonds is 13. The van der Waals surface area contributed by atoms with Gasteiger partial charge >= 0.3 is 11.9 Å². The molecule has 8 atom stereocenters. The molecule has 0 amide bonds. The third-order valence-corrected chi connectivity index (χ3v) is 13.4. The van der Waals surface area contributed by atoms with Gasteiger partial charge in [0.15, 0.2) is 18.1 Å². The van der Waals surface area contributed by atoms with Crippen molar-refractivity contribution in [2.45, 2.75) is 171 Å². The second-order valence-electron chi connectivity index (χ2n) is 17.9. The summed E-state index contributed by atoms with van der Waals surface area (Å²) in [5, 5.41) is 0. The van der Waals surface area contributed by atoms with Crippen LogP contribution in [0.5, 0.6) is 0 Å². The maximum absolute atomic E-state index is 14.2. The van der Waals surface area contributed by atoms with E-state index in [0.29, 0.717) is 12.3 Å². The van der Waals surface area contributed by atoms with Gasteiger partial charge in [0.05, 0.1) is 11.0 Å². The Kier molecular flexibility index (Phi) is 13.5. The van der Waals surface area contributed by atoms with E-state index in [4.69, 9.17) is 18.3 Å². The molecule has 8 heteroatoms. The molecule has 0 N–H and O–H groups in total. The highest BCUT2D eigenvalue weighted by Gasteiger charge is 2.53. The lowest BCUT2D eigenvalue weighted by Crippen LogP contribution is -2.55. The van der Waals surface area contributed by atoms with Crippen LogP contribution in [-0.2, 0) is 27.9 Å². The summed E-state index contributed by atoms with van der Waals surface area (Å²) < 4.78 is 26.4. The minimum Gasteiger partial charge on any atom is -0.461 e. The topological polar surface area (TPSA) is 71.1 Å². The van der Waals surface area contributed by atoms with E-state index in [-0.39, 0.29) is 52.7 Å². The molecule has 1 saturated heterocycles. The Bertz CT molecular complexity index is 1130. The number of cyclic esters (lactones) is 1. The third-order valence-electron chi connectivity index (χ3n) is 11.5. The second-order valence-corrected chi connectivity index (χ2v) is 22.6. The number of carbonyl (C=O) groups excluding carboxylic acids is 2. The van der Waals surface area contributed by atoms with Crippen molar-refractivity contribution in [1.82, 2.24) is 0 Å². The highest BCUT2D eigenvalue weighted by atomic mass is 28.3. The van der Waals surface area contributed by atoms with Gasteiger partial charge in [0.25, 0.3) is 0 Å². The highest BCUT2D eigenvalue weighted by molar-refractivity contribution is 6.48. The lowest BCUT2D eigenvalue weighted by atomic mass is 9.60. The van der Waals surface area contributed by atoms with Gasteiger partial charge in [-0.25, -0.2) is 4.79 Å². The fourth-order valence-electron chi connectivity index (χ4n) is 8.77. The fourth-order valence-corrected chi connectivity index (χ4v) is 11.0. The quantitative estimate of drug-likeness (QED) is 0.142. The number of carbonyl (C=O) groups is 2. The molecule has 0 radical (unpaired) electrons. The zero-order valence-electron chi connectivity index (χ0n) is 32.5. The molecule has 1 aliphatic heterocycles. The molecule has 3 rings (SSSR count). The van der Waals surface area contributed by atoms with Crippen LogP contribution in [0.15, 0.2) is 23.8 Å². The van der Waals surface area contributed by atoms with E-state index in [1.165, 1.54) is 5.57 Å². The Morgan fingerprint density at radius 1 is 0.915 bits per heavy atom. The Morgan fingerprint density at radius 2 is 1.55 bits per heavy atom. The van der Waals surface area contributed by atoms with Crippen molar-refractivity contribution in [1.29, 1.82) is 0 Å². The first kappa shape index (κ1) is 40.2. The molecule has 2 aliphatic carbocycles. The van der Waals surface area contributed by atoms with Crippen molar-refractivity contribution in [3.05, 3.63) is 23.8 Å². The average Bonchev–Trinajstić information content (AvgIpc) is 2.95. The van der Waals surface area contributed by atoms with E-state index >= 15 is 0 Å². The second kappa shape index (κ2) is 15.8. The van der Waals surface area contributed by atoms with Crippen LogP contribution in [0.1, 0.15) is 121 Å². The molecule has 1 unspecified atom stereocenters. The van der Waals surface area contributed by atoms with Crippen molar-refractivity contribution in [2.24, 2.45) is 39.9 Å². The van der Waals surface area contributed by atoms with Crippen LogP contribution in [0, 0.1) is 39.9 Å². The minimum absolute atomic E-state index is 0.0223. The molecule has 6 nitrogen and oxygen atoms in total. The lowest BCUT2D eigenvalue weighted by Gasteiger charge is -2.52. The maximum Gasteiger partial charge on any atom is 0.334 e. The van der Waals surface area contributed by atoms with Crippen molar-refractivity contribution in [3.8, 4) is 0 Å². The van der Waals surface area contributed by atoms with Crippen LogP contribution in [0.25, 0.3) is 0 Å². The van der Waals surface area contributed by atoms with Gasteiger partial charge in [-0.3, -0.25) is 4.79 Å².